The van der Waals surface area contributed by atoms with Gasteiger partial charge in [0.15, 0.2) is 5.58 Å². The Bertz CT molecular complexity index is 968. The van der Waals surface area contributed by atoms with Crippen molar-refractivity contribution in [3.8, 4) is 0 Å². The van der Waals surface area contributed by atoms with Gasteiger partial charge in [0.05, 0.1) is 5.52 Å². The normalized spacial score (nSPS) is 14.0. The van der Waals surface area contributed by atoms with Crippen LogP contribution < -0.4 is 5.76 Å². The van der Waals surface area contributed by atoms with Crippen LogP contribution in [0, 0.1) is 0 Å². The number of benzene rings is 2. The van der Waals surface area contributed by atoms with E-state index < -0.39 is 5.76 Å². The molecule has 1 aromatic heterocycles. The molecule has 0 bridgehead atoms. The molecule has 0 atom stereocenters. The van der Waals surface area contributed by atoms with Crippen LogP contribution in [-0.4, -0.2) is 21.9 Å². The first kappa shape index (κ1) is 13.8. The van der Waals surface area contributed by atoms with Crippen molar-refractivity contribution in [1.82, 2.24) is 9.47 Å². The van der Waals surface area contributed by atoms with Crippen LogP contribution in [0.25, 0.3) is 11.1 Å². The predicted octanol–water partition coefficient (Wildman–Crippen LogP) is 2.33. The highest BCUT2D eigenvalue weighted by atomic mass is 16.4. The summed E-state index contributed by atoms with van der Waals surface area (Å²) in [6.07, 6.45) is 0.869. The van der Waals surface area contributed by atoms with Crippen molar-refractivity contribution >= 4 is 17.0 Å². The van der Waals surface area contributed by atoms with Crippen molar-refractivity contribution < 1.29 is 9.21 Å². The Kier molecular flexibility index (Phi) is 3.08. The molecular weight excluding hydrogens is 292 g/mol. The molecule has 0 aliphatic carbocycles. The number of amides is 1. The van der Waals surface area contributed by atoms with Crippen molar-refractivity contribution in [2.45, 2.75) is 13.0 Å². The molecule has 1 aliphatic rings. The highest BCUT2D eigenvalue weighted by molar-refractivity contribution is 5.97. The van der Waals surface area contributed by atoms with Crippen LogP contribution in [-0.2, 0) is 20.0 Å². The summed E-state index contributed by atoms with van der Waals surface area (Å²) in [5.41, 5.74) is 4.22. The third-order valence-corrected chi connectivity index (χ3v) is 4.46. The van der Waals surface area contributed by atoms with Crippen LogP contribution in [0.3, 0.4) is 0 Å². The zero-order valence-electron chi connectivity index (χ0n) is 12.8. The number of aromatic nitrogens is 1. The van der Waals surface area contributed by atoms with E-state index in [1.54, 1.807) is 25.2 Å². The standard InChI is InChI=1S/C18H16N2O3/c1-19-15-10-13(6-7-16(15)23-18(19)22)17(21)20-9-8-12-4-2-3-5-14(12)11-20/h2-7,10H,8-9,11H2,1H3. The van der Waals surface area contributed by atoms with Gasteiger partial charge in [0.2, 0.25) is 0 Å². The van der Waals surface area contributed by atoms with E-state index in [1.165, 1.54) is 15.7 Å². The van der Waals surface area contributed by atoms with Crippen molar-refractivity contribution in [2.75, 3.05) is 6.54 Å². The van der Waals surface area contributed by atoms with Crippen molar-refractivity contribution in [2.24, 2.45) is 7.05 Å². The van der Waals surface area contributed by atoms with E-state index in [0.29, 0.717) is 29.8 Å². The lowest BCUT2D eigenvalue weighted by molar-refractivity contribution is 0.0735. The second kappa shape index (κ2) is 5.12. The molecule has 5 nitrogen and oxygen atoms in total. The van der Waals surface area contributed by atoms with Crippen molar-refractivity contribution in [3.05, 3.63) is 69.7 Å². The molecule has 5 heteroatoms. The van der Waals surface area contributed by atoms with E-state index in [0.717, 1.165) is 6.42 Å². The molecule has 0 spiro atoms. The van der Waals surface area contributed by atoms with E-state index >= 15 is 0 Å². The summed E-state index contributed by atoms with van der Waals surface area (Å²) in [5, 5.41) is 0. The summed E-state index contributed by atoms with van der Waals surface area (Å²) >= 11 is 0. The third kappa shape index (κ3) is 2.25. The number of nitrogens with zero attached hydrogens (tertiary/aromatic N) is 2. The summed E-state index contributed by atoms with van der Waals surface area (Å²) in [7, 11) is 1.64. The van der Waals surface area contributed by atoms with Gasteiger partial charge in [-0.2, -0.15) is 0 Å². The van der Waals surface area contributed by atoms with Gasteiger partial charge >= 0.3 is 5.76 Å². The number of hydrogen-bond acceptors (Lipinski definition) is 3. The Morgan fingerprint density at radius 1 is 1.13 bits per heavy atom. The summed E-state index contributed by atoms with van der Waals surface area (Å²) in [4.78, 5) is 26.2. The van der Waals surface area contributed by atoms with Crippen LogP contribution in [0.2, 0.25) is 0 Å². The van der Waals surface area contributed by atoms with Gasteiger partial charge in [-0.1, -0.05) is 24.3 Å². The molecule has 2 aromatic carbocycles. The minimum absolute atomic E-state index is 0.0185. The van der Waals surface area contributed by atoms with E-state index in [-0.39, 0.29) is 5.91 Å². The Morgan fingerprint density at radius 2 is 1.91 bits per heavy atom. The van der Waals surface area contributed by atoms with Gasteiger partial charge in [-0.3, -0.25) is 9.36 Å². The van der Waals surface area contributed by atoms with Gasteiger partial charge in [0.25, 0.3) is 5.91 Å². The molecule has 4 rings (SSSR count). The lowest BCUT2D eigenvalue weighted by Crippen LogP contribution is -2.35. The zero-order chi connectivity index (χ0) is 16.0. The number of fused-ring (bicyclic) bond motifs is 2. The Morgan fingerprint density at radius 3 is 2.74 bits per heavy atom. The highest BCUT2D eigenvalue weighted by Crippen LogP contribution is 2.21. The maximum absolute atomic E-state index is 12.8. The first-order valence-electron chi connectivity index (χ1n) is 7.59. The summed E-state index contributed by atoms with van der Waals surface area (Å²) in [6, 6.07) is 13.3. The van der Waals surface area contributed by atoms with Gasteiger partial charge in [0, 0.05) is 25.7 Å². The molecule has 0 saturated carbocycles. The molecule has 0 N–H and O–H groups in total. The quantitative estimate of drug-likeness (QED) is 0.693. The summed E-state index contributed by atoms with van der Waals surface area (Å²) in [5.74, 6) is -0.438. The maximum Gasteiger partial charge on any atom is 0.419 e. The second-order valence-corrected chi connectivity index (χ2v) is 5.85. The Balaban J connectivity index is 1.67. The molecule has 1 amide bonds. The molecule has 2 heterocycles. The van der Waals surface area contributed by atoms with Crippen LogP contribution in [0.15, 0.2) is 51.7 Å². The van der Waals surface area contributed by atoms with E-state index in [4.69, 9.17) is 4.42 Å². The molecule has 0 radical (unpaired) electrons. The third-order valence-electron chi connectivity index (χ3n) is 4.46. The summed E-state index contributed by atoms with van der Waals surface area (Å²) < 4.78 is 6.52. The molecule has 1 aliphatic heterocycles. The predicted molar refractivity (Wildman–Crippen MR) is 86.3 cm³/mol. The number of hydrogen-bond donors (Lipinski definition) is 0. The van der Waals surface area contributed by atoms with Gasteiger partial charge < -0.3 is 9.32 Å². The van der Waals surface area contributed by atoms with Crippen LogP contribution >= 0.6 is 0 Å². The number of carbonyl (C=O) groups excluding carboxylic acids is 1. The molecule has 0 fully saturated rings. The molecule has 3 aromatic rings. The lowest BCUT2D eigenvalue weighted by atomic mass is 9.99. The van der Waals surface area contributed by atoms with Gasteiger partial charge in [0.1, 0.15) is 0 Å². The fourth-order valence-electron chi connectivity index (χ4n) is 3.11. The summed E-state index contributed by atoms with van der Waals surface area (Å²) in [6.45, 7) is 1.33. The lowest BCUT2D eigenvalue weighted by Gasteiger charge is -2.29. The zero-order valence-corrected chi connectivity index (χ0v) is 12.8. The number of rotatable bonds is 1. The van der Waals surface area contributed by atoms with Crippen LogP contribution in [0.1, 0.15) is 21.5 Å². The molecule has 116 valence electrons. The Hall–Kier alpha value is -2.82. The van der Waals surface area contributed by atoms with E-state index in [2.05, 4.69) is 12.1 Å². The molecule has 0 saturated heterocycles. The minimum atomic E-state index is -0.420. The SMILES string of the molecule is Cn1c(=O)oc2ccc(C(=O)N3CCc4ccccc4C3)cc21. The van der Waals surface area contributed by atoms with E-state index in [9.17, 15) is 9.59 Å². The smallest absolute Gasteiger partial charge is 0.408 e. The largest absolute Gasteiger partial charge is 0.419 e. The molecular formula is C18H16N2O3. The number of carbonyl (C=O) groups is 1. The topological polar surface area (TPSA) is 55.5 Å². The average molecular weight is 308 g/mol. The average Bonchev–Trinajstić information content (AvgIpc) is 2.88. The van der Waals surface area contributed by atoms with Crippen molar-refractivity contribution in [1.29, 1.82) is 0 Å². The highest BCUT2D eigenvalue weighted by Gasteiger charge is 2.22. The van der Waals surface area contributed by atoms with Gasteiger partial charge in [-0.25, -0.2) is 4.79 Å². The fraction of sp³-hybridized carbons (Fsp3) is 0.222. The monoisotopic (exact) mass is 308 g/mol. The molecule has 0 unspecified atom stereocenters. The minimum Gasteiger partial charge on any atom is -0.408 e. The first-order chi connectivity index (χ1) is 11.1. The number of aryl methyl sites for hydroxylation is 1. The fourth-order valence-corrected chi connectivity index (χ4v) is 3.11. The molecule has 23 heavy (non-hydrogen) atoms. The Labute approximate surface area is 132 Å². The number of oxazole rings is 1. The maximum atomic E-state index is 12.8. The van der Waals surface area contributed by atoms with Gasteiger partial charge in [-0.05, 0) is 35.7 Å². The second-order valence-electron chi connectivity index (χ2n) is 5.85. The van der Waals surface area contributed by atoms with E-state index in [1.807, 2.05) is 17.0 Å². The van der Waals surface area contributed by atoms with Gasteiger partial charge in [-0.15, -0.1) is 0 Å². The van der Waals surface area contributed by atoms with Crippen LogP contribution in [0.4, 0.5) is 0 Å². The van der Waals surface area contributed by atoms with Crippen molar-refractivity contribution in [3.63, 3.8) is 0 Å². The first-order valence-corrected chi connectivity index (χ1v) is 7.59. The van der Waals surface area contributed by atoms with Crippen LogP contribution in [0.5, 0.6) is 0 Å².